The summed E-state index contributed by atoms with van der Waals surface area (Å²) < 4.78 is 37.8. The van der Waals surface area contributed by atoms with E-state index in [1.165, 1.54) is 6.92 Å². The number of nitrogens with two attached hydrogens (primary N) is 1. The fraction of sp³-hybridized carbons (Fsp3) is 0.900. The van der Waals surface area contributed by atoms with Gasteiger partial charge >= 0.3 is 6.18 Å². The maximum atomic E-state index is 12.6. The van der Waals surface area contributed by atoms with Crippen LogP contribution in [-0.4, -0.2) is 66.6 Å². The maximum Gasteiger partial charge on any atom is 0.400 e. The highest BCUT2D eigenvalue weighted by Crippen LogP contribution is 2.25. The third kappa shape index (κ3) is 7.19. The minimum atomic E-state index is -4.61. The van der Waals surface area contributed by atoms with Crippen LogP contribution in [0, 0.1) is 5.92 Å². The normalized spacial score (nSPS) is 18.4. The van der Waals surface area contributed by atoms with Crippen LogP contribution in [0.4, 0.5) is 13.2 Å². The van der Waals surface area contributed by atoms with Crippen molar-refractivity contribution in [2.45, 2.75) is 18.7 Å². The number of rotatable bonds is 7. The molecule has 0 amide bonds. The van der Waals surface area contributed by atoms with Crippen molar-refractivity contribution >= 4 is 5.84 Å². The molecule has 2 unspecified atom stereocenters. The van der Waals surface area contributed by atoms with Gasteiger partial charge in [-0.15, -0.1) is 0 Å². The van der Waals surface area contributed by atoms with Crippen LogP contribution in [0.15, 0.2) is 5.16 Å². The summed E-state index contributed by atoms with van der Waals surface area (Å²) in [5, 5.41) is 23.1. The fourth-order valence-electron chi connectivity index (χ4n) is 1.68. The van der Waals surface area contributed by atoms with E-state index in [4.69, 9.17) is 10.9 Å². The second-order valence-corrected chi connectivity index (χ2v) is 4.98. The van der Waals surface area contributed by atoms with Gasteiger partial charge in [0.1, 0.15) is 5.92 Å². The van der Waals surface area contributed by atoms with Gasteiger partial charge in [-0.1, -0.05) is 5.16 Å². The number of hydrogen-bond acceptors (Lipinski definition) is 5. The van der Waals surface area contributed by atoms with Crippen molar-refractivity contribution in [3.05, 3.63) is 0 Å². The summed E-state index contributed by atoms with van der Waals surface area (Å²) in [4.78, 5) is 1.71. The molecule has 0 saturated heterocycles. The Morgan fingerprint density at radius 1 is 1.42 bits per heavy atom. The van der Waals surface area contributed by atoms with Crippen LogP contribution < -0.4 is 11.1 Å². The van der Waals surface area contributed by atoms with E-state index in [1.54, 1.807) is 19.0 Å². The fourth-order valence-corrected chi connectivity index (χ4v) is 1.68. The molecular weight excluding hydrogens is 265 g/mol. The Kier molecular flexibility index (Phi) is 6.53. The van der Waals surface area contributed by atoms with Gasteiger partial charge in [0.05, 0.1) is 5.60 Å². The van der Waals surface area contributed by atoms with E-state index < -0.39 is 30.1 Å². The van der Waals surface area contributed by atoms with Gasteiger partial charge in [-0.05, 0) is 21.0 Å². The van der Waals surface area contributed by atoms with Crippen molar-refractivity contribution in [1.29, 1.82) is 0 Å². The maximum absolute atomic E-state index is 12.6. The van der Waals surface area contributed by atoms with Gasteiger partial charge < -0.3 is 26.3 Å². The summed E-state index contributed by atoms with van der Waals surface area (Å²) in [5.74, 6) is -3.00. The van der Waals surface area contributed by atoms with Crippen LogP contribution in [0.25, 0.3) is 0 Å². The Labute approximate surface area is 110 Å². The largest absolute Gasteiger partial charge is 0.409 e. The summed E-state index contributed by atoms with van der Waals surface area (Å²) in [7, 11) is 3.48. The molecule has 5 N–H and O–H groups in total. The van der Waals surface area contributed by atoms with Gasteiger partial charge in [0.15, 0.2) is 5.84 Å². The van der Waals surface area contributed by atoms with Crippen molar-refractivity contribution in [1.82, 2.24) is 10.2 Å². The summed E-state index contributed by atoms with van der Waals surface area (Å²) in [6.07, 6.45) is -4.61. The average molecular weight is 286 g/mol. The van der Waals surface area contributed by atoms with E-state index in [0.717, 1.165) is 0 Å². The minimum absolute atomic E-state index is 0.0452. The average Bonchev–Trinajstić information content (AvgIpc) is 2.19. The summed E-state index contributed by atoms with van der Waals surface area (Å²) in [5.41, 5.74) is 3.83. The number of nitrogens with one attached hydrogen (secondary N) is 1. The first-order valence-corrected chi connectivity index (χ1v) is 5.61. The molecule has 0 bridgehead atoms. The lowest BCUT2D eigenvalue weighted by molar-refractivity contribution is -0.155. The zero-order chi connectivity index (χ0) is 15.3. The Morgan fingerprint density at radius 3 is 2.32 bits per heavy atom. The molecule has 0 aliphatic rings. The van der Waals surface area contributed by atoms with Gasteiger partial charge in [-0.25, -0.2) is 0 Å². The smallest absolute Gasteiger partial charge is 0.400 e. The molecule has 0 aromatic rings. The molecular formula is C10H21F3N4O2. The monoisotopic (exact) mass is 286 g/mol. The lowest BCUT2D eigenvalue weighted by Crippen LogP contribution is -2.49. The zero-order valence-electron chi connectivity index (χ0n) is 11.2. The molecule has 9 heteroatoms. The number of likely N-dealkylation sites (N-methyl/N-ethyl adjacent to an activating group) is 1. The number of halogens is 3. The first kappa shape index (κ1) is 17.9. The molecule has 0 rings (SSSR count). The Balaban J connectivity index is 4.44. The molecule has 0 heterocycles. The molecule has 0 radical (unpaired) electrons. The van der Waals surface area contributed by atoms with E-state index in [9.17, 15) is 18.3 Å². The van der Waals surface area contributed by atoms with E-state index in [1.807, 2.05) is 0 Å². The van der Waals surface area contributed by atoms with Crippen molar-refractivity contribution in [2.24, 2.45) is 16.8 Å². The second-order valence-electron chi connectivity index (χ2n) is 4.98. The van der Waals surface area contributed by atoms with Gasteiger partial charge in [-0.2, -0.15) is 13.2 Å². The molecule has 6 nitrogen and oxygen atoms in total. The Bertz CT molecular complexity index is 306. The van der Waals surface area contributed by atoms with Crippen molar-refractivity contribution in [2.75, 3.05) is 33.7 Å². The third-order valence-electron chi connectivity index (χ3n) is 2.38. The van der Waals surface area contributed by atoms with Crippen LogP contribution >= 0.6 is 0 Å². The predicted molar refractivity (Wildman–Crippen MR) is 65.0 cm³/mol. The summed E-state index contributed by atoms with van der Waals surface area (Å²) in [6, 6.07) is 0. The predicted octanol–water partition coefficient (Wildman–Crippen LogP) is -0.186. The third-order valence-corrected chi connectivity index (χ3v) is 2.38. The number of nitrogens with zero attached hydrogens (tertiary/aromatic N) is 2. The van der Waals surface area contributed by atoms with E-state index >= 15 is 0 Å². The van der Waals surface area contributed by atoms with Gasteiger partial charge in [0, 0.05) is 19.6 Å². The highest BCUT2D eigenvalue weighted by Gasteiger charge is 2.42. The number of alkyl halides is 3. The van der Waals surface area contributed by atoms with Crippen molar-refractivity contribution in [3.8, 4) is 0 Å². The highest BCUT2D eigenvalue weighted by molar-refractivity contribution is 5.83. The Morgan fingerprint density at radius 2 is 1.95 bits per heavy atom. The number of hydrogen-bond donors (Lipinski definition) is 4. The van der Waals surface area contributed by atoms with Crippen LogP contribution in [0.5, 0.6) is 0 Å². The zero-order valence-corrected chi connectivity index (χ0v) is 11.2. The molecule has 0 spiro atoms. The molecule has 0 aromatic heterocycles. The number of amidine groups is 1. The van der Waals surface area contributed by atoms with Gasteiger partial charge in [-0.3, -0.25) is 0 Å². The molecule has 0 saturated carbocycles. The first-order chi connectivity index (χ1) is 8.49. The lowest BCUT2D eigenvalue weighted by Gasteiger charge is -2.28. The summed E-state index contributed by atoms with van der Waals surface area (Å²) >= 11 is 0. The van der Waals surface area contributed by atoms with E-state index in [0.29, 0.717) is 6.54 Å². The molecule has 0 aliphatic heterocycles. The van der Waals surface area contributed by atoms with E-state index in [-0.39, 0.29) is 6.54 Å². The lowest BCUT2D eigenvalue weighted by atomic mass is 10.1. The molecule has 0 aromatic carbocycles. The quantitative estimate of drug-likeness (QED) is 0.225. The Hall–Kier alpha value is -1.06. The molecule has 0 aliphatic carbocycles. The SMILES string of the molecule is CN(C)CC(C)(O)CNCC(C(N)=NO)C(F)(F)F. The van der Waals surface area contributed by atoms with Crippen LogP contribution in [0.1, 0.15) is 6.92 Å². The van der Waals surface area contributed by atoms with Crippen molar-refractivity contribution in [3.63, 3.8) is 0 Å². The molecule has 114 valence electrons. The van der Waals surface area contributed by atoms with Crippen LogP contribution in [0.2, 0.25) is 0 Å². The first-order valence-electron chi connectivity index (χ1n) is 5.61. The standard InChI is InChI=1S/C10H21F3N4O2/c1-9(18,6-17(2)3)5-15-4-7(8(14)16-19)10(11,12)13/h7,15,18-19H,4-6H2,1-3H3,(H2,14,16). The van der Waals surface area contributed by atoms with E-state index in [2.05, 4.69) is 10.5 Å². The molecule has 2 atom stereocenters. The van der Waals surface area contributed by atoms with Crippen LogP contribution in [-0.2, 0) is 0 Å². The van der Waals surface area contributed by atoms with Crippen molar-refractivity contribution < 1.29 is 23.5 Å². The number of oxime groups is 1. The molecule has 19 heavy (non-hydrogen) atoms. The van der Waals surface area contributed by atoms with Crippen LogP contribution in [0.3, 0.4) is 0 Å². The van der Waals surface area contributed by atoms with Gasteiger partial charge in [0.2, 0.25) is 0 Å². The highest BCUT2D eigenvalue weighted by atomic mass is 19.4. The van der Waals surface area contributed by atoms with Gasteiger partial charge in [0.25, 0.3) is 0 Å². The minimum Gasteiger partial charge on any atom is -0.409 e. The topological polar surface area (TPSA) is 94.1 Å². The number of aliphatic hydroxyl groups is 1. The second kappa shape index (κ2) is 6.92. The molecule has 0 fully saturated rings. The summed E-state index contributed by atoms with van der Waals surface area (Å²) in [6.45, 7) is 1.19.